The first-order valence-corrected chi connectivity index (χ1v) is 6.44. The first-order chi connectivity index (χ1) is 9.61. The molecule has 20 heavy (non-hydrogen) atoms. The summed E-state index contributed by atoms with van der Waals surface area (Å²) in [5.41, 5.74) is 7.75. The minimum atomic E-state index is -2.84. The van der Waals surface area contributed by atoms with Gasteiger partial charge in [-0.1, -0.05) is 19.1 Å². The van der Waals surface area contributed by atoms with Crippen LogP contribution in [0.25, 0.3) is 0 Å². The van der Waals surface area contributed by atoms with Crippen LogP contribution in [0, 0.1) is 0 Å². The second-order valence-corrected chi connectivity index (χ2v) is 4.41. The first kappa shape index (κ1) is 14.5. The van der Waals surface area contributed by atoms with Gasteiger partial charge in [-0.3, -0.25) is 4.68 Å². The number of aryl methyl sites for hydroxylation is 1. The molecule has 0 bridgehead atoms. The summed E-state index contributed by atoms with van der Waals surface area (Å²) in [4.78, 5) is 0. The fraction of sp³-hybridized carbons (Fsp3) is 0.357. The molecule has 0 amide bonds. The lowest BCUT2D eigenvalue weighted by Gasteiger charge is -2.15. The number of hydrogen-bond donors (Lipinski definition) is 1. The zero-order chi connectivity index (χ0) is 14.5. The standard InChI is InChI=1S/C14H17F2N3O/c1-2-8-19-12(6-7-18-19)13(17)10-4-3-5-11(9-10)20-14(15)16/h3-7,9,13-14H,2,8,17H2,1H3. The summed E-state index contributed by atoms with van der Waals surface area (Å²) in [6.45, 7) is -0.0238. The van der Waals surface area contributed by atoms with Gasteiger partial charge in [0, 0.05) is 12.7 Å². The zero-order valence-corrected chi connectivity index (χ0v) is 11.2. The van der Waals surface area contributed by atoms with Gasteiger partial charge < -0.3 is 10.5 Å². The molecule has 2 N–H and O–H groups in total. The predicted octanol–water partition coefficient (Wildman–Crippen LogP) is 2.94. The van der Waals surface area contributed by atoms with E-state index < -0.39 is 12.7 Å². The number of ether oxygens (including phenoxy) is 1. The second kappa shape index (κ2) is 6.47. The van der Waals surface area contributed by atoms with Crippen molar-refractivity contribution in [3.8, 4) is 5.75 Å². The first-order valence-electron chi connectivity index (χ1n) is 6.44. The highest BCUT2D eigenvalue weighted by atomic mass is 19.3. The van der Waals surface area contributed by atoms with Gasteiger partial charge in [-0.15, -0.1) is 0 Å². The van der Waals surface area contributed by atoms with E-state index in [1.165, 1.54) is 12.1 Å². The summed E-state index contributed by atoms with van der Waals surface area (Å²) >= 11 is 0. The Kier molecular flexibility index (Phi) is 4.68. The maximum atomic E-state index is 12.2. The number of nitrogens with zero attached hydrogens (tertiary/aromatic N) is 2. The SMILES string of the molecule is CCCn1nccc1C(N)c1cccc(OC(F)F)c1. The van der Waals surface area contributed by atoms with Gasteiger partial charge in [-0.05, 0) is 30.2 Å². The molecule has 0 saturated heterocycles. The van der Waals surface area contributed by atoms with Gasteiger partial charge >= 0.3 is 6.61 Å². The topological polar surface area (TPSA) is 53.1 Å². The smallest absolute Gasteiger partial charge is 0.387 e. The van der Waals surface area contributed by atoms with Crippen molar-refractivity contribution in [1.82, 2.24) is 9.78 Å². The third-order valence-electron chi connectivity index (χ3n) is 2.95. The molecule has 0 spiro atoms. The molecule has 4 nitrogen and oxygen atoms in total. The Morgan fingerprint density at radius 1 is 1.35 bits per heavy atom. The van der Waals surface area contributed by atoms with Crippen molar-refractivity contribution < 1.29 is 13.5 Å². The maximum absolute atomic E-state index is 12.2. The number of halogens is 2. The monoisotopic (exact) mass is 281 g/mol. The van der Waals surface area contributed by atoms with Crippen molar-refractivity contribution in [1.29, 1.82) is 0 Å². The van der Waals surface area contributed by atoms with Crippen molar-refractivity contribution in [3.63, 3.8) is 0 Å². The summed E-state index contributed by atoms with van der Waals surface area (Å²) < 4.78 is 30.7. The number of hydrogen-bond acceptors (Lipinski definition) is 3. The van der Waals surface area contributed by atoms with Crippen molar-refractivity contribution in [2.45, 2.75) is 32.5 Å². The average Bonchev–Trinajstić information content (AvgIpc) is 2.86. The van der Waals surface area contributed by atoms with Crippen LogP contribution in [0.4, 0.5) is 8.78 Å². The molecule has 2 aromatic rings. The average molecular weight is 281 g/mol. The molecule has 0 aliphatic rings. The fourth-order valence-electron chi connectivity index (χ4n) is 2.06. The highest BCUT2D eigenvalue weighted by Gasteiger charge is 2.15. The summed E-state index contributed by atoms with van der Waals surface area (Å²) in [5.74, 6) is 0.106. The highest BCUT2D eigenvalue weighted by Crippen LogP contribution is 2.24. The molecule has 1 atom stereocenters. The Labute approximate surface area is 116 Å². The van der Waals surface area contributed by atoms with Crippen LogP contribution >= 0.6 is 0 Å². The molecule has 0 saturated carbocycles. The van der Waals surface area contributed by atoms with E-state index in [1.54, 1.807) is 18.3 Å². The van der Waals surface area contributed by atoms with Gasteiger partial charge in [0.2, 0.25) is 0 Å². The zero-order valence-electron chi connectivity index (χ0n) is 11.2. The normalized spacial score (nSPS) is 12.7. The van der Waals surface area contributed by atoms with Gasteiger partial charge in [-0.25, -0.2) is 0 Å². The van der Waals surface area contributed by atoms with Crippen LogP contribution in [0.5, 0.6) is 5.75 Å². The van der Waals surface area contributed by atoms with E-state index in [0.717, 1.165) is 18.7 Å². The van der Waals surface area contributed by atoms with Crippen molar-refractivity contribution in [2.75, 3.05) is 0 Å². The Morgan fingerprint density at radius 2 is 2.15 bits per heavy atom. The van der Waals surface area contributed by atoms with E-state index in [0.29, 0.717) is 5.56 Å². The maximum Gasteiger partial charge on any atom is 0.387 e. The molecule has 1 unspecified atom stereocenters. The number of benzene rings is 1. The van der Waals surface area contributed by atoms with Crippen LogP contribution < -0.4 is 10.5 Å². The van der Waals surface area contributed by atoms with E-state index in [4.69, 9.17) is 5.73 Å². The van der Waals surface area contributed by atoms with Crippen molar-refractivity contribution in [2.24, 2.45) is 5.73 Å². The molecule has 6 heteroatoms. The van der Waals surface area contributed by atoms with Gasteiger partial charge in [0.05, 0.1) is 11.7 Å². The molecule has 2 rings (SSSR count). The molecule has 108 valence electrons. The summed E-state index contributed by atoms with van der Waals surface area (Å²) in [5, 5.41) is 4.21. The van der Waals surface area contributed by atoms with Gasteiger partial charge in [-0.2, -0.15) is 13.9 Å². The number of alkyl halides is 2. The molecule has 1 aromatic carbocycles. The van der Waals surface area contributed by atoms with E-state index >= 15 is 0 Å². The third kappa shape index (κ3) is 3.33. The quantitative estimate of drug-likeness (QED) is 0.885. The molecular formula is C14H17F2N3O. The minimum Gasteiger partial charge on any atom is -0.435 e. The van der Waals surface area contributed by atoms with Crippen LogP contribution in [-0.4, -0.2) is 16.4 Å². The number of aromatic nitrogens is 2. The predicted molar refractivity (Wildman–Crippen MR) is 71.6 cm³/mol. The highest BCUT2D eigenvalue weighted by molar-refractivity contribution is 5.34. The van der Waals surface area contributed by atoms with E-state index in [-0.39, 0.29) is 5.75 Å². The van der Waals surface area contributed by atoms with Gasteiger partial charge in [0.25, 0.3) is 0 Å². The van der Waals surface area contributed by atoms with Crippen LogP contribution in [0.15, 0.2) is 36.5 Å². The van der Waals surface area contributed by atoms with Gasteiger partial charge in [0.15, 0.2) is 0 Å². The minimum absolute atomic E-state index is 0.106. The van der Waals surface area contributed by atoms with Gasteiger partial charge in [0.1, 0.15) is 5.75 Å². The molecule has 0 aliphatic carbocycles. The largest absolute Gasteiger partial charge is 0.435 e. The Balaban J connectivity index is 2.23. The molecule has 1 aromatic heterocycles. The lowest BCUT2D eigenvalue weighted by Crippen LogP contribution is -2.17. The summed E-state index contributed by atoms with van der Waals surface area (Å²) in [6, 6.07) is 7.84. The van der Waals surface area contributed by atoms with Crippen molar-refractivity contribution >= 4 is 0 Å². The molecule has 1 heterocycles. The second-order valence-electron chi connectivity index (χ2n) is 4.41. The fourth-order valence-corrected chi connectivity index (χ4v) is 2.06. The Bertz CT molecular complexity index is 557. The van der Waals surface area contributed by atoms with Crippen LogP contribution in [-0.2, 0) is 6.54 Å². The molecule has 0 aliphatic heterocycles. The summed E-state index contributed by atoms with van der Waals surface area (Å²) in [6.07, 6.45) is 2.63. The van der Waals surface area contributed by atoms with E-state index in [9.17, 15) is 8.78 Å². The number of nitrogens with two attached hydrogens (primary N) is 1. The summed E-state index contributed by atoms with van der Waals surface area (Å²) in [7, 11) is 0. The van der Waals surface area contributed by atoms with E-state index in [1.807, 2.05) is 17.7 Å². The lowest BCUT2D eigenvalue weighted by atomic mass is 10.0. The molecular weight excluding hydrogens is 264 g/mol. The van der Waals surface area contributed by atoms with E-state index in [2.05, 4.69) is 9.84 Å². The Hall–Kier alpha value is -1.95. The molecule has 0 radical (unpaired) electrons. The lowest BCUT2D eigenvalue weighted by molar-refractivity contribution is -0.0498. The number of rotatable bonds is 6. The van der Waals surface area contributed by atoms with Crippen molar-refractivity contribution in [3.05, 3.63) is 47.8 Å². The van der Waals surface area contributed by atoms with Crippen LogP contribution in [0.2, 0.25) is 0 Å². The van der Waals surface area contributed by atoms with Crippen LogP contribution in [0.1, 0.15) is 30.6 Å². The van der Waals surface area contributed by atoms with Crippen LogP contribution in [0.3, 0.4) is 0 Å². The Morgan fingerprint density at radius 3 is 2.85 bits per heavy atom. The third-order valence-corrected chi connectivity index (χ3v) is 2.95. The molecule has 0 fully saturated rings.